The highest BCUT2D eigenvalue weighted by molar-refractivity contribution is 5.73. The molecule has 0 radical (unpaired) electrons. The van der Waals surface area contributed by atoms with Gasteiger partial charge < -0.3 is 10.0 Å². The molecule has 1 spiro atoms. The second-order valence-corrected chi connectivity index (χ2v) is 7.34. The number of carboxylic acid groups (broad SMARTS) is 1. The molecule has 0 aromatic carbocycles. The van der Waals surface area contributed by atoms with Gasteiger partial charge in [-0.25, -0.2) is 0 Å². The van der Waals surface area contributed by atoms with E-state index >= 15 is 0 Å². The third-order valence-electron chi connectivity index (χ3n) is 5.44. The predicted octanol–water partition coefficient (Wildman–Crippen LogP) is 3.53. The smallest absolute Gasteiger partial charge is 0.309 e. The molecule has 3 nitrogen and oxygen atoms in total. The van der Waals surface area contributed by atoms with Crippen LogP contribution in [0.2, 0.25) is 0 Å². The zero-order valence-corrected chi connectivity index (χ0v) is 12.6. The minimum absolute atomic E-state index is 0.567. The molecule has 3 heteroatoms. The van der Waals surface area contributed by atoms with Crippen molar-refractivity contribution in [2.45, 2.75) is 65.2 Å². The molecule has 2 rings (SSSR count). The molecule has 0 unspecified atom stereocenters. The Morgan fingerprint density at radius 3 is 2.26 bits per heavy atom. The van der Waals surface area contributed by atoms with Crippen LogP contribution in [0, 0.1) is 10.8 Å². The maximum atomic E-state index is 11.1. The van der Waals surface area contributed by atoms with Crippen LogP contribution in [-0.4, -0.2) is 35.6 Å². The third kappa shape index (κ3) is 3.71. The van der Waals surface area contributed by atoms with E-state index < -0.39 is 11.4 Å². The Morgan fingerprint density at radius 1 is 1.16 bits per heavy atom. The molecule has 0 atom stereocenters. The molecule has 2 fully saturated rings. The van der Waals surface area contributed by atoms with Crippen LogP contribution in [0.25, 0.3) is 0 Å². The summed E-state index contributed by atoms with van der Waals surface area (Å²) in [4.78, 5) is 13.6. The van der Waals surface area contributed by atoms with E-state index in [0.717, 1.165) is 19.4 Å². The standard InChI is InChI=1S/C16H29NO2/c1-15(2,14(18)19)6-5-11-17-12-9-16(10-13-17)7-3-4-8-16/h3-13H2,1-2H3,(H,18,19). The fraction of sp³-hybridized carbons (Fsp3) is 0.938. The van der Waals surface area contributed by atoms with Crippen LogP contribution < -0.4 is 0 Å². The van der Waals surface area contributed by atoms with E-state index in [4.69, 9.17) is 5.11 Å². The minimum atomic E-state index is -0.670. The normalized spacial score (nSPS) is 23.9. The van der Waals surface area contributed by atoms with Gasteiger partial charge in [-0.05, 0) is 77.4 Å². The summed E-state index contributed by atoms with van der Waals surface area (Å²) < 4.78 is 0. The van der Waals surface area contributed by atoms with Crippen molar-refractivity contribution < 1.29 is 9.90 Å². The molecule has 0 aromatic rings. The van der Waals surface area contributed by atoms with Gasteiger partial charge in [0.25, 0.3) is 0 Å². The summed E-state index contributed by atoms with van der Waals surface area (Å²) >= 11 is 0. The van der Waals surface area contributed by atoms with Gasteiger partial charge >= 0.3 is 5.97 Å². The van der Waals surface area contributed by atoms with E-state index in [9.17, 15) is 4.79 Å². The molecule has 1 N–H and O–H groups in total. The lowest BCUT2D eigenvalue weighted by Gasteiger charge is -2.39. The Balaban J connectivity index is 1.67. The number of likely N-dealkylation sites (tertiary alicyclic amines) is 1. The Morgan fingerprint density at radius 2 is 1.74 bits per heavy atom. The van der Waals surface area contributed by atoms with Crippen LogP contribution >= 0.6 is 0 Å². The van der Waals surface area contributed by atoms with E-state index in [1.54, 1.807) is 0 Å². The largest absolute Gasteiger partial charge is 0.481 e. The highest BCUT2D eigenvalue weighted by Gasteiger charge is 2.36. The van der Waals surface area contributed by atoms with Gasteiger partial charge in [0.1, 0.15) is 0 Å². The molecule has 0 aromatic heterocycles. The van der Waals surface area contributed by atoms with Gasteiger partial charge in [0.05, 0.1) is 5.41 Å². The van der Waals surface area contributed by atoms with Crippen molar-refractivity contribution in [1.29, 1.82) is 0 Å². The van der Waals surface area contributed by atoms with Crippen LogP contribution in [-0.2, 0) is 4.79 Å². The molecule has 1 heterocycles. The number of carbonyl (C=O) groups is 1. The van der Waals surface area contributed by atoms with Crippen molar-refractivity contribution in [2.75, 3.05) is 19.6 Å². The van der Waals surface area contributed by atoms with Crippen LogP contribution in [0.5, 0.6) is 0 Å². The average molecular weight is 267 g/mol. The quantitative estimate of drug-likeness (QED) is 0.828. The first kappa shape index (κ1) is 14.8. The first-order valence-corrected chi connectivity index (χ1v) is 7.89. The topological polar surface area (TPSA) is 40.5 Å². The molecule has 0 amide bonds. The lowest BCUT2D eigenvalue weighted by atomic mass is 9.77. The Hall–Kier alpha value is -0.570. The number of nitrogens with zero attached hydrogens (tertiary/aromatic N) is 1. The summed E-state index contributed by atoms with van der Waals surface area (Å²) in [6.45, 7) is 7.20. The van der Waals surface area contributed by atoms with Crippen molar-refractivity contribution in [3.63, 3.8) is 0 Å². The molecule has 19 heavy (non-hydrogen) atoms. The second kappa shape index (κ2) is 5.82. The lowest BCUT2D eigenvalue weighted by molar-refractivity contribution is -0.147. The summed E-state index contributed by atoms with van der Waals surface area (Å²) in [5, 5.41) is 9.10. The van der Waals surface area contributed by atoms with E-state index in [0.29, 0.717) is 5.41 Å². The van der Waals surface area contributed by atoms with Crippen LogP contribution in [0.3, 0.4) is 0 Å². The van der Waals surface area contributed by atoms with Crippen molar-refractivity contribution in [1.82, 2.24) is 4.90 Å². The summed E-state index contributed by atoms with van der Waals surface area (Å²) in [6.07, 6.45) is 10.3. The van der Waals surface area contributed by atoms with Crippen LogP contribution in [0.15, 0.2) is 0 Å². The number of piperidine rings is 1. The highest BCUT2D eigenvalue weighted by atomic mass is 16.4. The van der Waals surface area contributed by atoms with Gasteiger partial charge in [-0.2, -0.15) is 0 Å². The Labute approximate surface area is 117 Å². The Kier molecular flexibility index (Phi) is 4.54. The molecule has 0 bridgehead atoms. The summed E-state index contributed by atoms with van der Waals surface area (Å²) in [5.41, 5.74) is 0.124. The summed E-state index contributed by atoms with van der Waals surface area (Å²) in [6, 6.07) is 0. The van der Waals surface area contributed by atoms with E-state index in [1.807, 2.05) is 13.8 Å². The molecule has 1 saturated heterocycles. The second-order valence-electron chi connectivity index (χ2n) is 7.34. The van der Waals surface area contributed by atoms with Gasteiger partial charge in [0.15, 0.2) is 0 Å². The van der Waals surface area contributed by atoms with Crippen LogP contribution in [0.4, 0.5) is 0 Å². The monoisotopic (exact) mass is 267 g/mol. The van der Waals surface area contributed by atoms with Gasteiger partial charge in [0.2, 0.25) is 0 Å². The van der Waals surface area contributed by atoms with Crippen molar-refractivity contribution in [3.8, 4) is 0 Å². The molecule has 110 valence electrons. The maximum absolute atomic E-state index is 11.1. The fourth-order valence-corrected chi connectivity index (χ4v) is 3.73. The fourth-order valence-electron chi connectivity index (χ4n) is 3.73. The lowest BCUT2D eigenvalue weighted by Crippen LogP contribution is -2.39. The SMILES string of the molecule is CC(C)(CCCN1CCC2(CCCC2)CC1)C(=O)O. The van der Waals surface area contributed by atoms with Crippen LogP contribution in [0.1, 0.15) is 65.2 Å². The number of hydrogen-bond donors (Lipinski definition) is 1. The zero-order valence-electron chi connectivity index (χ0n) is 12.6. The number of hydrogen-bond acceptors (Lipinski definition) is 2. The van der Waals surface area contributed by atoms with E-state index in [-0.39, 0.29) is 0 Å². The first-order valence-electron chi connectivity index (χ1n) is 7.89. The first-order chi connectivity index (χ1) is 8.94. The molecular formula is C16H29NO2. The third-order valence-corrected chi connectivity index (χ3v) is 5.44. The zero-order chi connectivity index (χ0) is 13.9. The average Bonchev–Trinajstić information content (AvgIpc) is 2.80. The summed E-state index contributed by atoms with van der Waals surface area (Å²) in [7, 11) is 0. The summed E-state index contributed by atoms with van der Waals surface area (Å²) in [5.74, 6) is -0.670. The van der Waals surface area contributed by atoms with E-state index in [1.165, 1.54) is 51.6 Å². The maximum Gasteiger partial charge on any atom is 0.309 e. The van der Waals surface area contributed by atoms with Crippen molar-refractivity contribution >= 4 is 5.97 Å². The minimum Gasteiger partial charge on any atom is -0.481 e. The van der Waals surface area contributed by atoms with Crippen molar-refractivity contribution in [2.24, 2.45) is 10.8 Å². The highest BCUT2D eigenvalue weighted by Crippen LogP contribution is 2.46. The molecule has 1 saturated carbocycles. The number of rotatable bonds is 5. The molecule has 1 aliphatic heterocycles. The number of aliphatic carboxylic acids is 1. The molecule has 2 aliphatic rings. The molecular weight excluding hydrogens is 238 g/mol. The van der Waals surface area contributed by atoms with Crippen molar-refractivity contribution in [3.05, 3.63) is 0 Å². The van der Waals surface area contributed by atoms with Gasteiger partial charge in [-0.15, -0.1) is 0 Å². The number of carboxylic acids is 1. The Bertz CT molecular complexity index is 309. The van der Waals surface area contributed by atoms with E-state index in [2.05, 4.69) is 4.90 Å². The predicted molar refractivity (Wildman–Crippen MR) is 77.2 cm³/mol. The van der Waals surface area contributed by atoms with Gasteiger partial charge in [-0.3, -0.25) is 4.79 Å². The van der Waals surface area contributed by atoms with Gasteiger partial charge in [-0.1, -0.05) is 12.8 Å². The molecule has 1 aliphatic carbocycles. The van der Waals surface area contributed by atoms with Gasteiger partial charge in [0, 0.05) is 0 Å².